The standard InChI is InChI=1S/C4H11NO3/c1-4(2,8)5-3(6)7/h3,5-8H,1-2H3. The van der Waals surface area contributed by atoms with E-state index in [0.717, 1.165) is 0 Å². The van der Waals surface area contributed by atoms with Crippen LogP contribution in [-0.4, -0.2) is 27.5 Å². The number of rotatable bonds is 2. The van der Waals surface area contributed by atoms with E-state index in [0.29, 0.717) is 0 Å². The van der Waals surface area contributed by atoms with Gasteiger partial charge in [-0.3, -0.25) is 0 Å². The van der Waals surface area contributed by atoms with E-state index in [2.05, 4.69) is 0 Å². The average Bonchev–Trinajstić information content (AvgIpc) is 1.21. The van der Waals surface area contributed by atoms with E-state index in [1.807, 2.05) is 5.32 Å². The first kappa shape index (κ1) is 7.84. The minimum Gasteiger partial charge on any atom is -0.376 e. The molecule has 0 saturated carbocycles. The molecule has 4 N–H and O–H groups in total. The first-order valence-corrected chi connectivity index (χ1v) is 2.28. The third-order valence-corrected chi connectivity index (χ3v) is 0.482. The first-order valence-electron chi connectivity index (χ1n) is 2.28. The van der Waals surface area contributed by atoms with Gasteiger partial charge in [-0.1, -0.05) is 0 Å². The van der Waals surface area contributed by atoms with Crippen molar-refractivity contribution < 1.29 is 15.3 Å². The fraction of sp³-hybridized carbons (Fsp3) is 1.00. The van der Waals surface area contributed by atoms with E-state index in [-0.39, 0.29) is 0 Å². The summed E-state index contributed by atoms with van der Waals surface area (Å²) in [6, 6.07) is 0. The molecule has 0 amide bonds. The van der Waals surface area contributed by atoms with Gasteiger partial charge in [0, 0.05) is 0 Å². The quantitative estimate of drug-likeness (QED) is 0.338. The monoisotopic (exact) mass is 121 g/mol. The maximum Gasteiger partial charge on any atom is 0.213 e. The summed E-state index contributed by atoms with van der Waals surface area (Å²) in [5.74, 6) is 0. The summed E-state index contributed by atoms with van der Waals surface area (Å²) in [4.78, 5) is 0. The molecular formula is C4H11NO3. The van der Waals surface area contributed by atoms with Gasteiger partial charge in [-0.05, 0) is 13.8 Å². The highest BCUT2D eigenvalue weighted by molar-refractivity contribution is 4.58. The van der Waals surface area contributed by atoms with E-state index in [9.17, 15) is 0 Å². The van der Waals surface area contributed by atoms with Crippen molar-refractivity contribution in [2.24, 2.45) is 0 Å². The second kappa shape index (κ2) is 2.41. The lowest BCUT2D eigenvalue weighted by Gasteiger charge is -2.19. The Morgan fingerprint density at radius 3 is 1.75 bits per heavy atom. The van der Waals surface area contributed by atoms with Crippen molar-refractivity contribution in [3.8, 4) is 0 Å². The Balaban J connectivity index is 3.39. The van der Waals surface area contributed by atoms with Gasteiger partial charge in [0.15, 0.2) is 0 Å². The van der Waals surface area contributed by atoms with Crippen LogP contribution in [0.3, 0.4) is 0 Å². The highest BCUT2D eigenvalue weighted by atomic mass is 16.5. The van der Waals surface area contributed by atoms with Crippen LogP contribution < -0.4 is 5.32 Å². The van der Waals surface area contributed by atoms with E-state index in [1.54, 1.807) is 0 Å². The molecule has 0 unspecified atom stereocenters. The van der Waals surface area contributed by atoms with Gasteiger partial charge in [0.05, 0.1) is 0 Å². The van der Waals surface area contributed by atoms with Gasteiger partial charge in [0.1, 0.15) is 5.72 Å². The number of hydrogen-bond acceptors (Lipinski definition) is 4. The summed E-state index contributed by atoms with van der Waals surface area (Å²) in [5, 5.41) is 27.2. The SMILES string of the molecule is CC(C)(O)NC(O)O. The summed E-state index contributed by atoms with van der Waals surface area (Å²) in [5.41, 5.74) is -1.23. The molecule has 4 heteroatoms. The molecular weight excluding hydrogens is 110 g/mol. The Hall–Kier alpha value is -0.160. The molecule has 0 aromatic heterocycles. The van der Waals surface area contributed by atoms with Gasteiger partial charge in [-0.2, -0.15) is 0 Å². The van der Waals surface area contributed by atoms with Crippen molar-refractivity contribution >= 4 is 0 Å². The lowest BCUT2D eigenvalue weighted by atomic mass is 10.3. The third kappa shape index (κ3) is 5.84. The van der Waals surface area contributed by atoms with Crippen molar-refractivity contribution in [2.45, 2.75) is 26.0 Å². The zero-order valence-corrected chi connectivity index (χ0v) is 4.92. The van der Waals surface area contributed by atoms with Crippen molar-refractivity contribution in [2.75, 3.05) is 0 Å². The highest BCUT2D eigenvalue weighted by Gasteiger charge is 2.13. The highest BCUT2D eigenvalue weighted by Crippen LogP contribution is 1.93. The fourth-order valence-electron chi connectivity index (χ4n) is 0.316. The number of aliphatic hydroxyl groups is 3. The molecule has 0 spiro atoms. The number of nitrogens with one attached hydrogen (secondary N) is 1. The smallest absolute Gasteiger partial charge is 0.213 e. The average molecular weight is 121 g/mol. The molecule has 0 radical (unpaired) electrons. The molecule has 0 aliphatic carbocycles. The Bertz CT molecular complexity index is 66.2. The summed E-state index contributed by atoms with van der Waals surface area (Å²) in [7, 11) is 0. The second-order valence-corrected chi connectivity index (χ2v) is 2.08. The van der Waals surface area contributed by atoms with Crippen molar-refractivity contribution in [3.63, 3.8) is 0 Å². The topological polar surface area (TPSA) is 72.7 Å². The van der Waals surface area contributed by atoms with E-state index in [4.69, 9.17) is 15.3 Å². The van der Waals surface area contributed by atoms with Crippen LogP contribution in [0, 0.1) is 0 Å². The Morgan fingerprint density at radius 2 is 1.75 bits per heavy atom. The molecule has 0 aliphatic heterocycles. The van der Waals surface area contributed by atoms with Gasteiger partial charge in [-0.25, -0.2) is 5.32 Å². The van der Waals surface area contributed by atoms with Gasteiger partial charge in [0.25, 0.3) is 0 Å². The van der Waals surface area contributed by atoms with E-state index in [1.165, 1.54) is 13.8 Å². The predicted molar refractivity (Wildman–Crippen MR) is 27.7 cm³/mol. The zero-order valence-electron chi connectivity index (χ0n) is 4.92. The lowest BCUT2D eigenvalue weighted by molar-refractivity contribution is -0.123. The molecule has 0 aliphatic rings. The summed E-state index contributed by atoms with van der Waals surface area (Å²) in [6.45, 7) is 2.82. The van der Waals surface area contributed by atoms with Gasteiger partial charge in [0.2, 0.25) is 6.41 Å². The largest absolute Gasteiger partial charge is 0.376 e. The van der Waals surface area contributed by atoms with Crippen molar-refractivity contribution in [1.29, 1.82) is 0 Å². The molecule has 0 heterocycles. The molecule has 0 bridgehead atoms. The maximum absolute atomic E-state index is 8.76. The Kier molecular flexibility index (Phi) is 2.36. The van der Waals surface area contributed by atoms with E-state index < -0.39 is 12.1 Å². The molecule has 0 aromatic rings. The summed E-state index contributed by atoms with van der Waals surface area (Å²) < 4.78 is 0. The molecule has 0 saturated heterocycles. The predicted octanol–water partition coefficient (Wildman–Crippen LogP) is -1.43. The molecule has 8 heavy (non-hydrogen) atoms. The molecule has 0 atom stereocenters. The summed E-state index contributed by atoms with van der Waals surface area (Å²) >= 11 is 0. The van der Waals surface area contributed by atoms with Crippen LogP contribution in [0.15, 0.2) is 0 Å². The van der Waals surface area contributed by atoms with Crippen LogP contribution in [0.2, 0.25) is 0 Å². The zero-order chi connectivity index (χ0) is 6.78. The Morgan fingerprint density at radius 1 is 1.38 bits per heavy atom. The minimum absolute atomic E-state index is 1.23. The molecule has 4 nitrogen and oxygen atoms in total. The van der Waals surface area contributed by atoms with Crippen LogP contribution in [0.4, 0.5) is 0 Å². The number of hydrogen-bond donors (Lipinski definition) is 4. The minimum atomic E-state index is -1.66. The van der Waals surface area contributed by atoms with Gasteiger partial charge >= 0.3 is 0 Å². The second-order valence-electron chi connectivity index (χ2n) is 2.08. The first-order chi connectivity index (χ1) is 3.42. The Labute approximate surface area is 47.8 Å². The molecule has 0 rings (SSSR count). The fourth-order valence-corrected chi connectivity index (χ4v) is 0.316. The van der Waals surface area contributed by atoms with Crippen LogP contribution in [-0.2, 0) is 0 Å². The van der Waals surface area contributed by atoms with Crippen LogP contribution in [0.1, 0.15) is 13.8 Å². The molecule has 0 aromatic carbocycles. The molecule has 50 valence electrons. The van der Waals surface area contributed by atoms with E-state index >= 15 is 0 Å². The number of aliphatic hydroxyl groups excluding tert-OH is 1. The van der Waals surface area contributed by atoms with Crippen molar-refractivity contribution in [3.05, 3.63) is 0 Å². The van der Waals surface area contributed by atoms with Gasteiger partial charge < -0.3 is 15.3 Å². The van der Waals surface area contributed by atoms with Crippen LogP contribution in [0.5, 0.6) is 0 Å². The third-order valence-electron chi connectivity index (χ3n) is 0.482. The van der Waals surface area contributed by atoms with Crippen LogP contribution >= 0.6 is 0 Å². The van der Waals surface area contributed by atoms with Crippen LogP contribution in [0.25, 0.3) is 0 Å². The molecule has 0 fully saturated rings. The maximum atomic E-state index is 8.76. The van der Waals surface area contributed by atoms with Crippen molar-refractivity contribution in [1.82, 2.24) is 5.32 Å². The normalized spacial score (nSPS) is 12.8. The van der Waals surface area contributed by atoms with Gasteiger partial charge in [-0.15, -0.1) is 0 Å². The summed E-state index contributed by atoms with van der Waals surface area (Å²) in [6.07, 6.45) is -1.66. The lowest BCUT2D eigenvalue weighted by Crippen LogP contribution is -2.45.